The van der Waals surface area contributed by atoms with Crippen LogP contribution >= 0.6 is 0 Å². The fourth-order valence-corrected chi connectivity index (χ4v) is 3.95. The van der Waals surface area contributed by atoms with E-state index in [9.17, 15) is 22.9 Å². The number of sulfone groups is 1. The van der Waals surface area contributed by atoms with Crippen LogP contribution in [0.2, 0.25) is 0 Å². The van der Waals surface area contributed by atoms with Gasteiger partial charge in [0, 0.05) is 6.54 Å². The van der Waals surface area contributed by atoms with Crippen LogP contribution in [0.3, 0.4) is 0 Å². The highest BCUT2D eigenvalue weighted by Crippen LogP contribution is 2.26. The second-order valence-corrected chi connectivity index (χ2v) is 6.80. The second kappa shape index (κ2) is 5.12. The smallest absolute Gasteiger partial charge is 0.295 e. The molecule has 104 valence electrons. The predicted molar refractivity (Wildman–Crippen MR) is 68.3 cm³/mol. The van der Waals surface area contributed by atoms with Crippen LogP contribution in [0.1, 0.15) is 6.42 Å². The van der Waals surface area contributed by atoms with Gasteiger partial charge >= 0.3 is 0 Å². The van der Waals surface area contributed by atoms with E-state index in [1.807, 2.05) is 0 Å². The second-order valence-electron chi connectivity index (χ2n) is 4.57. The lowest BCUT2D eigenvalue weighted by Crippen LogP contribution is -2.16. The Labute approximate surface area is 109 Å². The number of nitrogens with one attached hydrogen (secondary N) is 1. The Morgan fingerprint density at radius 3 is 2.79 bits per heavy atom. The molecule has 0 aromatic heterocycles. The van der Waals surface area contributed by atoms with Gasteiger partial charge in [0.2, 0.25) is 0 Å². The van der Waals surface area contributed by atoms with E-state index in [2.05, 4.69) is 5.32 Å². The van der Waals surface area contributed by atoms with Crippen molar-refractivity contribution in [3.05, 3.63) is 34.1 Å². The summed E-state index contributed by atoms with van der Waals surface area (Å²) in [6.45, 7) is 0.325. The SMILES string of the molecule is O=[N+]([O-])c1cc(F)ccc1NC[C@H]1CCS(=O)(=O)C1. The molecule has 6 nitrogen and oxygen atoms in total. The minimum atomic E-state index is -2.97. The number of halogens is 1. The maximum Gasteiger partial charge on any atom is 0.295 e. The first-order valence-electron chi connectivity index (χ1n) is 5.75. The maximum atomic E-state index is 12.9. The summed E-state index contributed by atoms with van der Waals surface area (Å²) < 4.78 is 35.5. The molecule has 2 rings (SSSR count). The largest absolute Gasteiger partial charge is 0.379 e. The van der Waals surface area contributed by atoms with E-state index in [0.29, 0.717) is 13.0 Å². The average molecular weight is 288 g/mol. The third-order valence-electron chi connectivity index (χ3n) is 3.06. The molecule has 8 heteroatoms. The number of nitrogens with zero attached hydrogens (tertiary/aromatic N) is 1. The number of nitro benzene ring substituents is 1. The van der Waals surface area contributed by atoms with E-state index < -0.39 is 20.6 Å². The van der Waals surface area contributed by atoms with Gasteiger partial charge in [0.1, 0.15) is 11.5 Å². The Hall–Kier alpha value is -1.70. The molecule has 19 heavy (non-hydrogen) atoms. The number of benzene rings is 1. The molecular weight excluding hydrogens is 275 g/mol. The van der Waals surface area contributed by atoms with Gasteiger partial charge < -0.3 is 5.32 Å². The van der Waals surface area contributed by atoms with E-state index in [0.717, 1.165) is 12.1 Å². The molecule has 0 aliphatic carbocycles. The first-order chi connectivity index (χ1) is 8.87. The number of hydrogen-bond donors (Lipinski definition) is 1. The third-order valence-corrected chi connectivity index (χ3v) is 4.90. The summed E-state index contributed by atoms with van der Waals surface area (Å²) in [6.07, 6.45) is 0.546. The van der Waals surface area contributed by atoms with Gasteiger partial charge in [-0.1, -0.05) is 0 Å². The normalized spacial score (nSPS) is 21.2. The molecule has 1 aliphatic rings. The van der Waals surface area contributed by atoms with E-state index in [-0.39, 0.29) is 28.8 Å². The zero-order chi connectivity index (χ0) is 14.0. The molecule has 0 unspecified atom stereocenters. The summed E-state index contributed by atoms with van der Waals surface area (Å²) in [4.78, 5) is 10.1. The molecule has 1 saturated heterocycles. The highest BCUT2D eigenvalue weighted by Gasteiger charge is 2.28. The van der Waals surface area contributed by atoms with Crippen molar-refractivity contribution in [2.24, 2.45) is 5.92 Å². The van der Waals surface area contributed by atoms with Gasteiger partial charge in [0.05, 0.1) is 22.5 Å². The Bertz CT molecular complexity index is 603. The fourth-order valence-electron chi connectivity index (χ4n) is 2.09. The number of nitro groups is 1. The average Bonchev–Trinajstić information content (AvgIpc) is 2.67. The van der Waals surface area contributed by atoms with Crippen molar-refractivity contribution >= 4 is 21.2 Å². The highest BCUT2D eigenvalue weighted by atomic mass is 32.2. The van der Waals surface area contributed by atoms with Crippen LogP contribution in [0.15, 0.2) is 18.2 Å². The van der Waals surface area contributed by atoms with E-state index in [4.69, 9.17) is 0 Å². The molecule has 1 aliphatic heterocycles. The monoisotopic (exact) mass is 288 g/mol. The fraction of sp³-hybridized carbons (Fsp3) is 0.455. The predicted octanol–water partition coefficient (Wildman–Crippen LogP) is 1.58. The van der Waals surface area contributed by atoms with Crippen molar-refractivity contribution in [3.8, 4) is 0 Å². The van der Waals surface area contributed by atoms with Gasteiger partial charge in [0.25, 0.3) is 5.69 Å². The molecule has 1 N–H and O–H groups in total. The van der Waals surface area contributed by atoms with Gasteiger partial charge in [-0.25, -0.2) is 12.8 Å². The van der Waals surface area contributed by atoms with E-state index in [1.165, 1.54) is 6.07 Å². The molecule has 1 atom stereocenters. The van der Waals surface area contributed by atoms with E-state index >= 15 is 0 Å². The summed E-state index contributed by atoms with van der Waals surface area (Å²) in [6, 6.07) is 3.26. The molecule has 1 heterocycles. The Balaban J connectivity index is 2.06. The van der Waals surface area contributed by atoms with Crippen molar-refractivity contribution < 1.29 is 17.7 Å². The van der Waals surface area contributed by atoms with Crippen molar-refractivity contribution in [1.82, 2.24) is 0 Å². The summed E-state index contributed by atoms with van der Waals surface area (Å²) in [7, 11) is -2.97. The van der Waals surface area contributed by atoms with Gasteiger partial charge in [0.15, 0.2) is 9.84 Å². The topological polar surface area (TPSA) is 89.3 Å². The molecular formula is C11H13FN2O4S. The van der Waals surface area contributed by atoms with Crippen molar-refractivity contribution in [1.29, 1.82) is 0 Å². The molecule has 1 aromatic carbocycles. The van der Waals surface area contributed by atoms with Gasteiger partial charge in [-0.05, 0) is 24.5 Å². The zero-order valence-corrected chi connectivity index (χ0v) is 10.8. The molecule has 1 aromatic rings. The van der Waals surface area contributed by atoms with Gasteiger partial charge in [-0.3, -0.25) is 10.1 Å². The van der Waals surface area contributed by atoms with Gasteiger partial charge in [-0.15, -0.1) is 0 Å². The lowest BCUT2D eigenvalue weighted by molar-refractivity contribution is -0.384. The van der Waals surface area contributed by atoms with E-state index in [1.54, 1.807) is 0 Å². The molecule has 0 spiro atoms. The van der Waals surface area contributed by atoms with Crippen LogP contribution in [0.4, 0.5) is 15.8 Å². The summed E-state index contributed by atoms with van der Waals surface area (Å²) in [5, 5.41) is 13.6. The first-order valence-corrected chi connectivity index (χ1v) is 7.58. The molecule has 0 radical (unpaired) electrons. The number of hydrogen-bond acceptors (Lipinski definition) is 5. The van der Waals surface area contributed by atoms with Crippen LogP contribution < -0.4 is 5.32 Å². The van der Waals surface area contributed by atoms with Crippen LogP contribution in [0.25, 0.3) is 0 Å². The summed E-state index contributed by atoms with van der Waals surface area (Å²) in [5.74, 6) is -0.491. The lowest BCUT2D eigenvalue weighted by atomic mass is 10.1. The minimum Gasteiger partial charge on any atom is -0.379 e. The Morgan fingerprint density at radius 2 is 2.21 bits per heavy atom. The standard InChI is InChI=1S/C11H13FN2O4S/c12-9-1-2-10(11(5-9)14(15)16)13-6-8-3-4-19(17,18)7-8/h1-2,5,8,13H,3-4,6-7H2/t8-/m1/s1. The minimum absolute atomic E-state index is 0.0605. The Kier molecular flexibility index (Phi) is 3.70. The van der Waals surface area contributed by atoms with Crippen molar-refractivity contribution in [2.45, 2.75) is 6.42 Å². The van der Waals surface area contributed by atoms with Gasteiger partial charge in [-0.2, -0.15) is 0 Å². The Morgan fingerprint density at radius 1 is 1.47 bits per heavy atom. The lowest BCUT2D eigenvalue weighted by Gasteiger charge is -2.11. The van der Waals surface area contributed by atoms with Crippen LogP contribution in [-0.2, 0) is 9.84 Å². The third kappa shape index (κ3) is 3.40. The van der Waals surface area contributed by atoms with Crippen LogP contribution in [-0.4, -0.2) is 31.4 Å². The van der Waals surface area contributed by atoms with Crippen LogP contribution in [0.5, 0.6) is 0 Å². The molecule has 0 bridgehead atoms. The van der Waals surface area contributed by atoms with Crippen LogP contribution in [0, 0.1) is 21.8 Å². The highest BCUT2D eigenvalue weighted by molar-refractivity contribution is 7.91. The molecule has 0 saturated carbocycles. The summed E-state index contributed by atoms with van der Waals surface area (Å²) >= 11 is 0. The molecule has 0 amide bonds. The van der Waals surface area contributed by atoms with Crippen molar-refractivity contribution in [2.75, 3.05) is 23.4 Å². The number of anilines is 1. The zero-order valence-electron chi connectivity index (χ0n) is 10.0. The quantitative estimate of drug-likeness (QED) is 0.671. The van der Waals surface area contributed by atoms with Crippen molar-refractivity contribution in [3.63, 3.8) is 0 Å². The number of rotatable bonds is 4. The summed E-state index contributed by atoms with van der Waals surface area (Å²) in [5.41, 5.74) is -0.142. The first kappa shape index (κ1) is 13.7. The maximum absolute atomic E-state index is 12.9. The molecule has 1 fully saturated rings.